The number of nitrogens with zero attached hydrogens (tertiary/aromatic N) is 1. The molecule has 1 atom stereocenters. The molecule has 20 heavy (non-hydrogen) atoms. The fourth-order valence-corrected chi connectivity index (χ4v) is 3.06. The highest BCUT2D eigenvalue weighted by molar-refractivity contribution is 5.36. The summed E-state index contributed by atoms with van der Waals surface area (Å²) in [7, 11) is 0. The van der Waals surface area contributed by atoms with Crippen LogP contribution in [0.5, 0.6) is 0 Å². The molecule has 0 aromatic heterocycles. The van der Waals surface area contributed by atoms with Gasteiger partial charge in [-0.1, -0.05) is 12.1 Å². The Balaban J connectivity index is 2.09. The third-order valence-corrected chi connectivity index (χ3v) is 4.67. The van der Waals surface area contributed by atoms with Crippen LogP contribution in [0.25, 0.3) is 0 Å². The number of benzene rings is 1. The summed E-state index contributed by atoms with van der Waals surface area (Å²) in [5, 5.41) is 3.62. The van der Waals surface area contributed by atoms with Gasteiger partial charge in [-0.25, -0.2) is 0 Å². The molecule has 1 aliphatic rings. The van der Waals surface area contributed by atoms with Crippen LogP contribution in [0.2, 0.25) is 0 Å². The standard InChI is InChI=1S/C18H30N2/c1-13(2)20(12-18-7-6-8-19-18)11-17-10-15(4)14(3)9-16(17)5/h9-10,13,18-19H,6-8,11-12H2,1-5H3. The minimum absolute atomic E-state index is 0.596. The quantitative estimate of drug-likeness (QED) is 0.883. The highest BCUT2D eigenvalue weighted by Crippen LogP contribution is 2.19. The molecule has 0 aliphatic carbocycles. The molecule has 1 fully saturated rings. The molecule has 1 unspecified atom stereocenters. The molecule has 0 bridgehead atoms. The first-order valence-corrected chi connectivity index (χ1v) is 8.01. The molecule has 1 aromatic carbocycles. The van der Waals surface area contributed by atoms with Gasteiger partial charge in [0.15, 0.2) is 0 Å². The van der Waals surface area contributed by atoms with Crippen LogP contribution in [-0.4, -0.2) is 30.1 Å². The van der Waals surface area contributed by atoms with Gasteiger partial charge in [0.25, 0.3) is 0 Å². The second-order valence-corrected chi connectivity index (χ2v) is 6.68. The second-order valence-electron chi connectivity index (χ2n) is 6.68. The Morgan fingerprint density at radius 2 is 1.85 bits per heavy atom. The van der Waals surface area contributed by atoms with Gasteiger partial charge in [0.1, 0.15) is 0 Å². The zero-order valence-electron chi connectivity index (χ0n) is 13.8. The third kappa shape index (κ3) is 3.83. The molecule has 1 aliphatic heterocycles. The average molecular weight is 274 g/mol. The lowest BCUT2D eigenvalue weighted by Crippen LogP contribution is -2.40. The predicted molar refractivity (Wildman–Crippen MR) is 87.2 cm³/mol. The van der Waals surface area contributed by atoms with E-state index >= 15 is 0 Å². The summed E-state index contributed by atoms with van der Waals surface area (Å²) >= 11 is 0. The van der Waals surface area contributed by atoms with E-state index in [0.717, 1.165) is 6.54 Å². The molecule has 2 heteroatoms. The van der Waals surface area contributed by atoms with Crippen LogP contribution in [0.4, 0.5) is 0 Å². The summed E-state index contributed by atoms with van der Waals surface area (Å²) in [6.07, 6.45) is 2.66. The van der Waals surface area contributed by atoms with Gasteiger partial charge in [-0.05, 0) is 76.3 Å². The molecule has 1 heterocycles. The molecule has 2 nitrogen and oxygen atoms in total. The van der Waals surface area contributed by atoms with E-state index in [1.807, 2.05) is 0 Å². The molecule has 2 rings (SSSR count). The summed E-state index contributed by atoms with van der Waals surface area (Å²) in [5.41, 5.74) is 5.73. The predicted octanol–water partition coefficient (Wildman–Crippen LogP) is 3.57. The van der Waals surface area contributed by atoms with Crippen molar-refractivity contribution in [3.05, 3.63) is 34.4 Å². The van der Waals surface area contributed by atoms with Crippen LogP contribution >= 0.6 is 0 Å². The van der Waals surface area contributed by atoms with Crippen LogP contribution < -0.4 is 5.32 Å². The van der Waals surface area contributed by atoms with Crippen LogP contribution in [0.3, 0.4) is 0 Å². The van der Waals surface area contributed by atoms with Crippen molar-refractivity contribution in [1.29, 1.82) is 0 Å². The van der Waals surface area contributed by atoms with Gasteiger partial charge in [0, 0.05) is 25.2 Å². The topological polar surface area (TPSA) is 15.3 Å². The summed E-state index contributed by atoms with van der Waals surface area (Å²) < 4.78 is 0. The Bertz CT molecular complexity index is 445. The van der Waals surface area contributed by atoms with E-state index in [9.17, 15) is 0 Å². The number of hydrogen-bond acceptors (Lipinski definition) is 2. The second kappa shape index (κ2) is 6.73. The van der Waals surface area contributed by atoms with Gasteiger partial charge in [-0.2, -0.15) is 0 Å². The molecule has 1 saturated heterocycles. The van der Waals surface area contributed by atoms with Gasteiger partial charge in [-0.3, -0.25) is 4.90 Å². The Morgan fingerprint density at radius 1 is 1.15 bits per heavy atom. The molecular formula is C18H30N2. The monoisotopic (exact) mass is 274 g/mol. The van der Waals surface area contributed by atoms with Gasteiger partial charge in [-0.15, -0.1) is 0 Å². The lowest BCUT2D eigenvalue weighted by atomic mass is 10.00. The Hall–Kier alpha value is -0.860. The van der Waals surface area contributed by atoms with E-state index < -0.39 is 0 Å². The molecular weight excluding hydrogens is 244 g/mol. The Morgan fingerprint density at radius 3 is 2.45 bits per heavy atom. The van der Waals surface area contributed by atoms with Crippen LogP contribution in [-0.2, 0) is 6.54 Å². The van der Waals surface area contributed by atoms with Crippen LogP contribution in [0.15, 0.2) is 12.1 Å². The van der Waals surface area contributed by atoms with E-state index in [1.165, 1.54) is 48.2 Å². The molecule has 1 aromatic rings. The highest BCUT2D eigenvalue weighted by atomic mass is 15.2. The van der Waals surface area contributed by atoms with Gasteiger partial charge in [0.2, 0.25) is 0 Å². The van der Waals surface area contributed by atoms with Crippen molar-refractivity contribution in [2.45, 2.75) is 66.1 Å². The minimum atomic E-state index is 0.596. The zero-order chi connectivity index (χ0) is 14.7. The maximum absolute atomic E-state index is 3.62. The largest absolute Gasteiger partial charge is 0.313 e. The first kappa shape index (κ1) is 15.5. The van der Waals surface area contributed by atoms with Gasteiger partial charge < -0.3 is 5.32 Å². The number of rotatable bonds is 5. The van der Waals surface area contributed by atoms with E-state index in [1.54, 1.807) is 0 Å². The van der Waals surface area contributed by atoms with Crippen molar-refractivity contribution in [2.75, 3.05) is 13.1 Å². The van der Waals surface area contributed by atoms with Gasteiger partial charge >= 0.3 is 0 Å². The fourth-order valence-electron chi connectivity index (χ4n) is 3.06. The molecule has 0 amide bonds. The number of nitrogens with one attached hydrogen (secondary N) is 1. The fraction of sp³-hybridized carbons (Fsp3) is 0.667. The minimum Gasteiger partial charge on any atom is -0.313 e. The SMILES string of the molecule is Cc1cc(C)c(CN(CC2CCCN2)C(C)C)cc1C. The number of hydrogen-bond donors (Lipinski definition) is 1. The van der Waals surface area contributed by atoms with E-state index in [2.05, 4.69) is 57.0 Å². The third-order valence-electron chi connectivity index (χ3n) is 4.67. The summed E-state index contributed by atoms with van der Waals surface area (Å²) in [4.78, 5) is 2.61. The molecule has 0 radical (unpaired) electrons. The zero-order valence-corrected chi connectivity index (χ0v) is 13.8. The Labute approximate surface area is 124 Å². The number of aryl methyl sites for hydroxylation is 3. The molecule has 0 spiro atoms. The first-order valence-electron chi connectivity index (χ1n) is 8.01. The highest BCUT2D eigenvalue weighted by Gasteiger charge is 2.20. The maximum Gasteiger partial charge on any atom is 0.0239 e. The van der Waals surface area contributed by atoms with Crippen LogP contribution in [0, 0.1) is 20.8 Å². The van der Waals surface area contributed by atoms with E-state index in [4.69, 9.17) is 0 Å². The molecule has 0 saturated carbocycles. The Kier molecular flexibility index (Phi) is 5.22. The molecule has 1 N–H and O–H groups in total. The van der Waals surface area contributed by atoms with E-state index in [-0.39, 0.29) is 0 Å². The van der Waals surface area contributed by atoms with Crippen LogP contribution in [0.1, 0.15) is 48.9 Å². The van der Waals surface area contributed by atoms with Crippen molar-refractivity contribution in [3.8, 4) is 0 Å². The maximum atomic E-state index is 3.62. The smallest absolute Gasteiger partial charge is 0.0239 e. The summed E-state index contributed by atoms with van der Waals surface area (Å²) in [5.74, 6) is 0. The van der Waals surface area contributed by atoms with Gasteiger partial charge in [0.05, 0.1) is 0 Å². The van der Waals surface area contributed by atoms with Crippen molar-refractivity contribution in [2.24, 2.45) is 0 Å². The van der Waals surface area contributed by atoms with Crippen molar-refractivity contribution < 1.29 is 0 Å². The van der Waals surface area contributed by atoms with Crippen molar-refractivity contribution >= 4 is 0 Å². The summed E-state index contributed by atoms with van der Waals surface area (Å²) in [6, 6.07) is 5.99. The summed E-state index contributed by atoms with van der Waals surface area (Å²) in [6.45, 7) is 14.7. The van der Waals surface area contributed by atoms with E-state index in [0.29, 0.717) is 12.1 Å². The normalized spacial score (nSPS) is 19.2. The average Bonchev–Trinajstić information content (AvgIpc) is 2.87. The lowest BCUT2D eigenvalue weighted by molar-refractivity contribution is 0.193. The van der Waals surface area contributed by atoms with Crippen molar-refractivity contribution in [1.82, 2.24) is 10.2 Å². The first-order chi connectivity index (χ1) is 9.47. The van der Waals surface area contributed by atoms with Crippen molar-refractivity contribution in [3.63, 3.8) is 0 Å². The lowest BCUT2D eigenvalue weighted by Gasteiger charge is -2.30. The molecule has 112 valence electrons.